The summed E-state index contributed by atoms with van der Waals surface area (Å²) in [5.74, 6) is 0. The molecule has 0 aromatic heterocycles. The second-order valence-corrected chi connectivity index (χ2v) is 7.13. The number of nitrogens with two attached hydrogens (primary N) is 2. The van der Waals surface area contributed by atoms with Crippen molar-refractivity contribution in [3.63, 3.8) is 0 Å². The highest BCUT2D eigenvalue weighted by Gasteiger charge is 2.01. The van der Waals surface area contributed by atoms with E-state index in [-0.39, 0.29) is 0 Å². The average Bonchev–Trinajstić information content (AvgIpc) is 2.77. The Labute approximate surface area is 173 Å². The second-order valence-electron chi connectivity index (χ2n) is 7.13. The standard InChI is InChI=1S/C19H17N.C8H11N/c20-19-9-5-4-8-18(19)14-15-10-12-17(13-11-15)16-6-2-1-3-7-16;1-7-3-2-4-8(5-7)6-9/h1-13H,14,20H2;2-5H,6,9H2,1H3. The van der Waals surface area contributed by atoms with Gasteiger partial charge in [-0.1, -0.05) is 103 Å². The molecule has 29 heavy (non-hydrogen) atoms. The Morgan fingerprint density at radius 2 is 1.28 bits per heavy atom. The monoisotopic (exact) mass is 380 g/mol. The normalized spacial score (nSPS) is 10.1. The molecule has 146 valence electrons. The zero-order valence-corrected chi connectivity index (χ0v) is 16.9. The van der Waals surface area contributed by atoms with E-state index in [0.29, 0.717) is 6.54 Å². The molecule has 0 atom stereocenters. The minimum absolute atomic E-state index is 0.641. The van der Waals surface area contributed by atoms with Gasteiger partial charge in [0.1, 0.15) is 0 Å². The zero-order valence-electron chi connectivity index (χ0n) is 16.9. The van der Waals surface area contributed by atoms with E-state index in [1.807, 2.05) is 36.4 Å². The molecule has 4 rings (SSSR count). The van der Waals surface area contributed by atoms with Crippen LogP contribution in [0.2, 0.25) is 0 Å². The summed E-state index contributed by atoms with van der Waals surface area (Å²) in [4.78, 5) is 0. The molecule has 0 saturated carbocycles. The molecular weight excluding hydrogens is 352 g/mol. The summed E-state index contributed by atoms with van der Waals surface area (Å²) < 4.78 is 0. The topological polar surface area (TPSA) is 52.0 Å². The highest BCUT2D eigenvalue weighted by molar-refractivity contribution is 5.63. The highest BCUT2D eigenvalue weighted by atomic mass is 14.6. The molecule has 0 spiro atoms. The number of hydrogen-bond donors (Lipinski definition) is 2. The molecule has 0 saturated heterocycles. The summed E-state index contributed by atoms with van der Waals surface area (Å²) in [7, 11) is 0. The van der Waals surface area contributed by atoms with Gasteiger partial charge in [0.25, 0.3) is 0 Å². The number of rotatable bonds is 4. The lowest BCUT2D eigenvalue weighted by molar-refractivity contribution is 1.07. The number of benzene rings is 4. The molecule has 0 fully saturated rings. The van der Waals surface area contributed by atoms with Gasteiger partial charge < -0.3 is 11.5 Å². The molecule has 0 bridgehead atoms. The number of nitrogen functional groups attached to an aromatic ring is 1. The van der Waals surface area contributed by atoms with Crippen molar-refractivity contribution in [2.75, 3.05) is 5.73 Å². The zero-order chi connectivity index (χ0) is 20.5. The molecule has 0 amide bonds. The third-order valence-electron chi connectivity index (χ3n) is 4.83. The van der Waals surface area contributed by atoms with Crippen molar-refractivity contribution >= 4 is 5.69 Å². The van der Waals surface area contributed by atoms with E-state index in [9.17, 15) is 0 Å². The summed E-state index contributed by atoms with van der Waals surface area (Å²) >= 11 is 0. The predicted molar refractivity (Wildman–Crippen MR) is 125 cm³/mol. The van der Waals surface area contributed by atoms with Gasteiger partial charge in [0.2, 0.25) is 0 Å². The molecule has 0 unspecified atom stereocenters. The highest BCUT2D eigenvalue weighted by Crippen LogP contribution is 2.21. The number of para-hydroxylation sites is 1. The van der Waals surface area contributed by atoms with E-state index >= 15 is 0 Å². The van der Waals surface area contributed by atoms with Gasteiger partial charge in [-0.05, 0) is 47.2 Å². The fourth-order valence-electron chi connectivity index (χ4n) is 3.20. The Bertz CT molecular complexity index is 1020. The smallest absolute Gasteiger partial charge is 0.0349 e. The van der Waals surface area contributed by atoms with E-state index in [1.54, 1.807) is 0 Å². The Morgan fingerprint density at radius 3 is 1.90 bits per heavy atom. The first-order valence-corrected chi connectivity index (χ1v) is 9.89. The summed E-state index contributed by atoms with van der Waals surface area (Å²) in [6, 6.07) is 35.4. The lowest BCUT2D eigenvalue weighted by Crippen LogP contribution is -1.95. The van der Waals surface area contributed by atoms with E-state index < -0.39 is 0 Å². The molecule has 4 N–H and O–H groups in total. The Morgan fingerprint density at radius 1 is 0.621 bits per heavy atom. The summed E-state index contributed by atoms with van der Waals surface area (Å²) in [5, 5.41) is 0. The minimum atomic E-state index is 0.641. The Kier molecular flexibility index (Phi) is 7.21. The fraction of sp³-hybridized carbons (Fsp3) is 0.111. The molecule has 0 aliphatic rings. The summed E-state index contributed by atoms with van der Waals surface area (Å²) in [5.41, 5.74) is 19.7. The molecule has 0 radical (unpaired) electrons. The SMILES string of the molecule is Cc1cccc(CN)c1.Nc1ccccc1Cc1ccc(-c2ccccc2)cc1. The van der Waals surface area contributed by atoms with Crippen LogP contribution in [-0.2, 0) is 13.0 Å². The lowest BCUT2D eigenvalue weighted by Gasteiger charge is -2.07. The summed E-state index contributed by atoms with van der Waals surface area (Å²) in [6.45, 7) is 2.71. The van der Waals surface area contributed by atoms with Crippen LogP contribution in [0.25, 0.3) is 11.1 Å². The van der Waals surface area contributed by atoms with Gasteiger partial charge in [0, 0.05) is 12.2 Å². The van der Waals surface area contributed by atoms with Gasteiger partial charge in [-0.15, -0.1) is 0 Å². The van der Waals surface area contributed by atoms with Crippen LogP contribution in [-0.4, -0.2) is 0 Å². The van der Waals surface area contributed by atoms with E-state index in [0.717, 1.165) is 12.1 Å². The van der Waals surface area contributed by atoms with Gasteiger partial charge in [-0.25, -0.2) is 0 Å². The van der Waals surface area contributed by atoms with Crippen molar-refractivity contribution < 1.29 is 0 Å². The van der Waals surface area contributed by atoms with E-state index in [4.69, 9.17) is 11.5 Å². The molecule has 2 heteroatoms. The van der Waals surface area contributed by atoms with Crippen molar-refractivity contribution in [1.82, 2.24) is 0 Å². The first-order valence-electron chi connectivity index (χ1n) is 9.89. The summed E-state index contributed by atoms with van der Waals surface area (Å²) in [6.07, 6.45) is 0.877. The molecule has 0 heterocycles. The Hall–Kier alpha value is -3.36. The van der Waals surface area contributed by atoms with Crippen molar-refractivity contribution in [3.05, 3.63) is 125 Å². The molecule has 2 nitrogen and oxygen atoms in total. The fourth-order valence-corrected chi connectivity index (χ4v) is 3.20. The van der Waals surface area contributed by atoms with E-state index in [1.165, 1.54) is 33.4 Å². The third-order valence-corrected chi connectivity index (χ3v) is 4.83. The van der Waals surface area contributed by atoms with Crippen LogP contribution in [0.3, 0.4) is 0 Å². The van der Waals surface area contributed by atoms with Crippen LogP contribution < -0.4 is 11.5 Å². The van der Waals surface area contributed by atoms with Gasteiger partial charge in [0.15, 0.2) is 0 Å². The lowest BCUT2D eigenvalue weighted by atomic mass is 10.00. The van der Waals surface area contributed by atoms with Gasteiger partial charge in [-0.2, -0.15) is 0 Å². The average molecular weight is 381 g/mol. The van der Waals surface area contributed by atoms with Crippen LogP contribution in [0.5, 0.6) is 0 Å². The van der Waals surface area contributed by atoms with Crippen molar-refractivity contribution in [2.24, 2.45) is 5.73 Å². The first kappa shape index (κ1) is 20.4. The van der Waals surface area contributed by atoms with Crippen LogP contribution in [0.1, 0.15) is 22.3 Å². The molecule has 4 aromatic rings. The van der Waals surface area contributed by atoms with Crippen molar-refractivity contribution in [3.8, 4) is 11.1 Å². The quantitative estimate of drug-likeness (QED) is 0.428. The largest absolute Gasteiger partial charge is 0.398 e. The maximum Gasteiger partial charge on any atom is 0.0349 e. The van der Waals surface area contributed by atoms with Crippen LogP contribution in [0, 0.1) is 6.92 Å². The molecule has 0 aliphatic carbocycles. The number of hydrogen-bond acceptors (Lipinski definition) is 2. The minimum Gasteiger partial charge on any atom is -0.398 e. The maximum absolute atomic E-state index is 5.99. The predicted octanol–water partition coefficient (Wildman–Crippen LogP) is 5.98. The van der Waals surface area contributed by atoms with Gasteiger partial charge >= 0.3 is 0 Å². The second kappa shape index (κ2) is 10.3. The maximum atomic E-state index is 5.99. The molecular formula is C27H28N2. The molecule has 0 aliphatic heterocycles. The number of anilines is 1. The van der Waals surface area contributed by atoms with Crippen LogP contribution >= 0.6 is 0 Å². The van der Waals surface area contributed by atoms with E-state index in [2.05, 4.69) is 73.7 Å². The van der Waals surface area contributed by atoms with Crippen molar-refractivity contribution in [2.45, 2.75) is 19.9 Å². The number of aryl methyl sites for hydroxylation is 1. The van der Waals surface area contributed by atoms with Crippen molar-refractivity contribution in [1.29, 1.82) is 0 Å². The van der Waals surface area contributed by atoms with Crippen LogP contribution in [0.4, 0.5) is 5.69 Å². The van der Waals surface area contributed by atoms with Gasteiger partial charge in [0.05, 0.1) is 0 Å². The Balaban J connectivity index is 0.000000224. The third kappa shape index (κ3) is 6.06. The molecule has 4 aromatic carbocycles. The van der Waals surface area contributed by atoms with Gasteiger partial charge in [-0.3, -0.25) is 0 Å². The first-order chi connectivity index (χ1) is 14.2. The van der Waals surface area contributed by atoms with Crippen LogP contribution in [0.15, 0.2) is 103 Å².